The van der Waals surface area contributed by atoms with Crippen LogP contribution in [0.25, 0.3) is 0 Å². The molecule has 100 valence electrons. The molecule has 0 heterocycles. The van der Waals surface area contributed by atoms with Crippen LogP contribution in [-0.2, 0) is 4.74 Å². The molecule has 1 unspecified atom stereocenters. The van der Waals surface area contributed by atoms with Crippen molar-refractivity contribution >= 4 is 5.78 Å². The van der Waals surface area contributed by atoms with Gasteiger partial charge in [-0.05, 0) is 18.6 Å². The Kier molecular flexibility index (Phi) is 5.65. The molecule has 0 spiro atoms. The van der Waals surface area contributed by atoms with Crippen LogP contribution < -0.4 is 9.47 Å². The normalized spacial score (nSPS) is 12.0. The van der Waals surface area contributed by atoms with E-state index in [4.69, 9.17) is 14.2 Å². The summed E-state index contributed by atoms with van der Waals surface area (Å²) < 4.78 is 15.3. The molecular formula is C14H20O4. The Morgan fingerprint density at radius 3 is 2.11 bits per heavy atom. The molecule has 0 aliphatic carbocycles. The molecule has 1 aromatic carbocycles. The van der Waals surface area contributed by atoms with E-state index in [1.807, 2.05) is 6.92 Å². The van der Waals surface area contributed by atoms with Crippen LogP contribution in [0.1, 0.15) is 23.7 Å². The third-order valence-electron chi connectivity index (χ3n) is 2.84. The van der Waals surface area contributed by atoms with Crippen LogP contribution in [-0.4, -0.2) is 33.7 Å². The van der Waals surface area contributed by atoms with Crippen molar-refractivity contribution in [2.24, 2.45) is 5.92 Å². The molecule has 0 bridgehead atoms. The van der Waals surface area contributed by atoms with Crippen LogP contribution in [0.4, 0.5) is 0 Å². The van der Waals surface area contributed by atoms with Gasteiger partial charge < -0.3 is 14.2 Å². The Bertz CT molecular complexity index is 379. The van der Waals surface area contributed by atoms with Gasteiger partial charge in [0.15, 0.2) is 5.78 Å². The van der Waals surface area contributed by atoms with Crippen LogP contribution in [0.2, 0.25) is 0 Å². The molecule has 1 atom stereocenters. The van der Waals surface area contributed by atoms with Crippen molar-refractivity contribution in [1.29, 1.82) is 0 Å². The number of benzene rings is 1. The summed E-state index contributed by atoms with van der Waals surface area (Å²) in [5, 5.41) is 0. The average Bonchev–Trinajstić information content (AvgIpc) is 2.43. The molecule has 1 rings (SSSR count). The molecule has 4 heteroatoms. The van der Waals surface area contributed by atoms with Crippen LogP contribution in [0.15, 0.2) is 18.2 Å². The van der Waals surface area contributed by atoms with Gasteiger partial charge in [-0.25, -0.2) is 0 Å². The molecule has 0 saturated carbocycles. The largest absolute Gasteiger partial charge is 0.497 e. The highest BCUT2D eigenvalue weighted by molar-refractivity contribution is 5.98. The number of rotatable bonds is 7. The van der Waals surface area contributed by atoms with Crippen LogP contribution in [0.5, 0.6) is 11.5 Å². The number of ketones is 1. The van der Waals surface area contributed by atoms with Crippen molar-refractivity contribution in [1.82, 2.24) is 0 Å². The van der Waals surface area contributed by atoms with Gasteiger partial charge in [0.2, 0.25) is 0 Å². The van der Waals surface area contributed by atoms with E-state index in [-0.39, 0.29) is 11.7 Å². The van der Waals surface area contributed by atoms with Crippen LogP contribution in [0.3, 0.4) is 0 Å². The SMILES string of the molecule is COCCC(C)C(=O)c1cc(OC)cc(OC)c1. The fourth-order valence-corrected chi connectivity index (χ4v) is 1.66. The molecule has 4 nitrogen and oxygen atoms in total. The number of Topliss-reactive ketones (excluding diaryl/α,β-unsaturated/α-hetero) is 1. The Labute approximate surface area is 108 Å². The van der Waals surface area contributed by atoms with Crippen molar-refractivity contribution in [2.45, 2.75) is 13.3 Å². The summed E-state index contributed by atoms with van der Waals surface area (Å²) in [4.78, 5) is 12.2. The molecule has 0 fully saturated rings. The maximum absolute atomic E-state index is 12.2. The minimum atomic E-state index is -0.0817. The highest BCUT2D eigenvalue weighted by Crippen LogP contribution is 2.24. The number of carbonyl (C=O) groups is 1. The van der Waals surface area contributed by atoms with Crippen molar-refractivity contribution in [3.05, 3.63) is 23.8 Å². The molecule has 0 aliphatic rings. The Morgan fingerprint density at radius 1 is 1.11 bits per heavy atom. The number of hydrogen-bond donors (Lipinski definition) is 0. The lowest BCUT2D eigenvalue weighted by Crippen LogP contribution is -2.13. The summed E-state index contributed by atoms with van der Waals surface area (Å²) in [6.07, 6.45) is 0.703. The lowest BCUT2D eigenvalue weighted by atomic mass is 9.96. The fraction of sp³-hybridized carbons (Fsp3) is 0.500. The lowest BCUT2D eigenvalue weighted by molar-refractivity contribution is 0.0893. The third-order valence-corrected chi connectivity index (χ3v) is 2.84. The minimum absolute atomic E-state index is 0.0734. The molecule has 0 radical (unpaired) electrons. The second-order valence-electron chi connectivity index (χ2n) is 4.15. The maximum Gasteiger partial charge on any atom is 0.166 e. The van der Waals surface area contributed by atoms with Crippen molar-refractivity contribution in [3.8, 4) is 11.5 Å². The second kappa shape index (κ2) is 7.01. The topological polar surface area (TPSA) is 44.8 Å². The van der Waals surface area contributed by atoms with Crippen LogP contribution >= 0.6 is 0 Å². The van der Waals surface area contributed by atoms with E-state index in [1.54, 1.807) is 39.5 Å². The zero-order valence-electron chi connectivity index (χ0n) is 11.4. The van der Waals surface area contributed by atoms with Gasteiger partial charge >= 0.3 is 0 Å². The molecule has 0 N–H and O–H groups in total. The monoisotopic (exact) mass is 252 g/mol. The van der Waals surface area contributed by atoms with Gasteiger partial charge in [-0.1, -0.05) is 6.92 Å². The Hall–Kier alpha value is -1.55. The van der Waals surface area contributed by atoms with Gasteiger partial charge in [-0.2, -0.15) is 0 Å². The summed E-state index contributed by atoms with van der Waals surface area (Å²) in [6, 6.07) is 5.21. The molecule has 0 aliphatic heterocycles. The van der Waals surface area contributed by atoms with Gasteiger partial charge in [0.25, 0.3) is 0 Å². The molecule has 0 aromatic heterocycles. The summed E-state index contributed by atoms with van der Waals surface area (Å²) in [5.41, 5.74) is 0.606. The van der Waals surface area contributed by atoms with E-state index in [0.29, 0.717) is 30.1 Å². The third kappa shape index (κ3) is 3.74. The zero-order chi connectivity index (χ0) is 13.5. The first-order chi connectivity index (χ1) is 8.62. The van der Waals surface area contributed by atoms with Gasteiger partial charge in [0.1, 0.15) is 11.5 Å². The van der Waals surface area contributed by atoms with Crippen molar-refractivity contribution in [3.63, 3.8) is 0 Å². The number of hydrogen-bond acceptors (Lipinski definition) is 4. The van der Waals surface area contributed by atoms with E-state index in [9.17, 15) is 4.79 Å². The van der Waals surface area contributed by atoms with Crippen molar-refractivity contribution < 1.29 is 19.0 Å². The fourth-order valence-electron chi connectivity index (χ4n) is 1.66. The van der Waals surface area contributed by atoms with Gasteiger partial charge in [-0.15, -0.1) is 0 Å². The highest BCUT2D eigenvalue weighted by Gasteiger charge is 2.16. The quantitative estimate of drug-likeness (QED) is 0.700. The van der Waals surface area contributed by atoms with E-state index < -0.39 is 0 Å². The molecular weight excluding hydrogens is 232 g/mol. The van der Waals surface area contributed by atoms with E-state index in [1.165, 1.54) is 0 Å². The first-order valence-electron chi connectivity index (χ1n) is 5.88. The van der Waals surface area contributed by atoms with Crippen molar-refractivity contribution in [2.75, 3.05) is 27.9 Å². The average molecular weight is 252 g/mol. The predicted octanol–water partition coefficient (Wildman–Crippen LogP) is 2.56. The maximum atomic E-state index is 12.2. The summed E-state index contributed by atoms with van der Waals surface area (Å²) in [6.45, 7) is 2.47. The van der Waals surface area contributed by atoms with E-state index >= 15 is 0 Å². The molecule has 0 amide bonds. The number of carbonyl (C=O) groups excluding carboxylic acids is 1. The minimum Gasteiger partial charge on any atom is -0.497 e. The molecule has 1 aromatic rings. The van der Waals surface area contributed by atoms with E-state index in [2.05, 4.69) is 0 Å². The molecule has 18 heavy (non-hydrogen) atoms. The Balaban J connectivity index is 2.90. The standard InChI is InChI=1S/C14H20O4/c1-10(5-6-16-2)14(15)11-7-12(17-3)9-13(8-11)18-4/h7-10H,5-6H2,1-4H3. The summed E-state index contributed by atoms with van der Waals surface area (Å²) in [7, 11) is 4.76. The van der Waals surface area contributed by atoms with Gasteiger partial charge in [-0.3, -0.25) is 4.79 Å². The van der Waals surface area contributed by atoms with Crippen LogP contribution in [0, 0.1) is 5.92 Å². The van der Waals surface area contributed by atoms with Gasteiger partial charge in [0, 0.05) is 31.3 Å². The predicted molar refractivity (Wildman–Crippen MR) is 69.5 cm³/mol. The summed E-state index contributed by atoms with van der Waals surface area (Å²) >= 11 is 0. The second-order valence-corrected chi connectivity index (χ2v) is 4.15. The smallest absolute Gasteiger partial charge is 0.166 e. The number of ether oxygens (including phenoxy) is 3. The van der Waals surface area contributed by atoms with Gasteiger partial charge in [0.05, 0.1) is 14.2 Å². The Morgan fingerprint density at radius 2 is 1.67 bits per heavy atom. The highest BCUT2D eigenvalue weighted by atomic mass is 16.5. The first kappa shape index (κ1) is 14.5. The molecule has 0 saturated heterocycles. The summed E-state index contributed by atoms with van der Waals surface area (Å²) in [5.74, 6) is 1.24. The lowest BCUT2D eigenvalue weighted by Gasteiger charge is -2.12. The first-order valence-corrected chi connectivity index (χ1v) is 5.88. The number of methoxy groups -OCH3 is 3. The van der Waals surface area contributed by atoms with E-state index in [0.717, 1.165) is 0 Å². The zero-order valence-corrected chi connectivity index (χ0v) is 11.4.